The zero-order valence-corrected chi connectivity index (χ0v) is 14.5. The number of hydrogen-bond acceptors (Lipinski definition) is 2. The molecular weight excluding hydrogens is 317 g/mol. The molecule has 0 amide bonds. The highest BCUT2D eigenvalue weighted by Crippen LogP contribution is 2.28. The van der Waals surface area contributed by atoms with E-state index in [1.165, 1.54) is 11.1 Å². The fraction of sp³-hybridized carbons (Fsp3) is 0.471. The van der Waals surface area contributed by atoms with Crippen molar-refractivity contribution in [3.63, 3.8) is 0 Å². The molecule has 3 rings (SSSR count). The Morgan fingerprint density at radius 3 is 2.64 bits per heavy atom. The van der Waals surface area contributed by atoms with Gasteiger partial charge in [-0.1, -0.05) is 48.3 Å². The number of aryl methyl sites for hydroxylation is 2. The molecule has 118 valence electrons. The van der Waals surface area contributed by atoms with Crippen LogP contribution in [0.1, 0.15) is 23.7 Å². The summed E-state index contributed by atoms with van der Waals surface area (Å²) in [5, 5.41) is 6.13. The molecule has 0 aliphatic carbocycles. The fourth-order valence-electron chi connectivity index (χ4n) is 3.17. The van der Waals surface area contributed by atoms with Gasteiger partial charge in [-0.2, -0.15) is 5.10 Å². The highest BCUT2D eigenvalue weighted by Gasteiger charge is 2.29. The van der Waals surface area contributed by atoms with Crippen LogP contribution in [0.3, 0.4) is 0 Å². The lowest BCUT2D eigenvalue weighted by Crippen LogP contribution is -2.47. The van der Waals surface area contributed by atoms with Gasteiger partial charge in [0.1, 0.15) is 5.15 Å². The first kappa shape index (κ1) is 15.9. The summed E-state index contributed by atoms with van der Waals surface area (Å²) in [6.07, 6.45) is 1.98. The first-order chi connectivity index (χ1) is 10.6. The Kier molecular flexibility index (Phi) is 4.76. The Morgan fingerprint density at radius 2 is 1.95 bits per heavy atom. The van der Waals surface area contributed by atoms with Gasteiger partial charge in [0.25, 0.3) is 0 Å². The van der Waals surface area contributed by atoms with E-state index >= 15 is 0 Å². The Balaban J connectivity index is 1.57. The van der Waals surface area contributed by atoms with E-state index in [0.29, 0.717) is 5.92 Å². The topological polar surface area (TPSA) is 21.1 Å². The largest absolute Gasteiger partial charge is 0.298 e. The molecular formula is C17H21Cl2N3. The van der Waals surface area contributed by atoms with Crippen LogP contribution in [0.5, 0.6) is 0 Å². The summed E-state index contributed by atoms with van der Waals surface area (Å²) < 4.78 is 1.77. The van der Waals surface area contributed by atoms with Gasteiger partial charge < -0.3 is 0 Å². The molecule has 0 saturated carbocycles. The van der Waals surface area contributed by atoms with Crippen LogP contribution >= 0.6 is 23.2 Å². The van der Waals surface area contributed by atoms with Crippen molar-refractivity contribution in [2.24, 2.45) is 13.0 Å². The van der Waals surface area contributed by atoms with E-state index in [0.717, 1.165) is 48.3 Å². The number of benzene rings is 1. The Morgan fingerprint density at radius 1 is 1.23 bits per heavy atom. The van der Waals surface area contributed by atoms with E-state index in [4.69, 9.17) is 23.2 Å². The van der Waals surface area contributed by atoms with E-state index in [1.54, 1.807) is 4.68 Å². The van der Waals surface area contributed by atoms with Gasteiger partial charge in [0.15, 0.2) is 0 Å². The van der Waals surface area contributed by atoms with Crippen molar-refractivity contribution in [2.45, 2.75) is 26.3 Å². The zero-order valence-electron chi connectivity index (χ0n) is 13.0. The molecule has 1 aromatic heterocycles. The standard InChI is InChI=1S/C17H21Cl2N3/c1-3-16-14(17(19)21(2)20-16)11-22-9-12(10-22)8-13-6-4-5-7-15(13)18/h4-7,12H,3,8-11H2,1-2H3. The third kappa shape index (κ3) is 3.17. The van der Waals surface area contributed by atoms with Crippen LogP contribution in [0.2, 0.25) is 10.2 Å². The first-order valence-electron chi connectivity index (χ1n) is 7.74. The highest BCUT2D eigenvalue weighted by atomic mass is 35.5. The van der Waals surface area contributed by atoms with Crippen molar-refractivity contribution in [1.82, 2.24) is 14.7 Å². The molecule has 0 spiro atoms. The maximum absolute atomic E-state index is 6.36. The molecule has 1 fully saturated rings. The van der Waals surface area contributed by atoms with Crippen molar-refractivity contribution >= 4 is 23.2 Å². The molecule has 1 aliphatic heterocycles. The summed E-state index contributed by atoms with van der Waals surface area (Å²) in [6.45, 7) is 5.21. The maximum atomic E-state index is 6.36. The number of halogens is 2. The quantitative estimate of drug-likeness (QED) is 0.823. The van der Waals surface area contributed by atoms with Gasteiger partial charge in [-0.15, -0.1) is 0 Å². The average Bonchev–Trinajstić information content (AvgIpc) is 2.74. The summed E-state index contributed by atoms with van der Waals surface area (Å²) in [4.78, 5) is 2.43. The van der Waals surface area contributed by atoms with Crippen molar-refractivity contribution in [3.05, 3.63) is 51.3 Å². The lowest BCUT2D eigenvalue weighted by Gasteiger charge is -2.39. The molecule has 0 radical (unpaired) electrons. The first-order valence-corrected chi connectivity index (χ1v) is 8.50. The summed E-state index contributed by atoms with van der Waals surface area (Å²) in [5.74, 6) is 0.681. The van der Waals surface area contributed by atoms with Crippen molar-refractivity contribution in [1.29, 1.82) is 0 Å². The minimum Gasteiger partial charge on any atom is -0.298 e. The smallest absolute Gasteiger partial charge is 0.131 e. The van der Waals surface area contributed by atoms with Crippen molar-refractivity contribution in [3.8, 4) is 0 Å². The SMILES string of the molecule is CCc1nn(C)c(Cl)c1CN1CC(Cc2ccccc2Cl)C1. The summed E-state index contributed by atoms with van der Waals surface area (Å²) >= 11 is 12.6. The maximum Gasteiger partial charge on any atom is 0.131 e. The second kappa shape index (κ2) is 6.61. The predicted molar refractivity (Wildman–Crippen MR) is 91.5 cm³/mol. The van der Waals surface area contributed by atoms with Crippen LogP contribution in [0.25, 0.3) is 0 Å². The fourth-order valence-corrected chi connectivity index (χ4v) is 3.59. The normalized spacial score (nSPS) is 16.0. The summed E-state index contributed by atoms with van der Waals surface area (Å²) in [7, 11) is 1.90. The minimum absolute atomic E-state index is 0.681. The molecule has 0 N–H and O–H groups in total. The number of hydrogen-bond donors (Lipinski definition) is 0. The Hall–Kier alpha value is -1.03. The van der Waals surface area contributed by atoms with E-state index in [2.05, 4.69) is 29.1 Å². The number of rotatable bonds is 5. The Labute approximate surface area is 141 Å². The van der Waals surface area contributed by atoms with E-state index in [1.807, 2.05) is 19.2 Å². The average molecular weight is 338 g/mol. The lowest BCUT2D eigenvalue weighted by molar-refractivity contribution is 0.0923. The van der Waals surface area contributed by atoms with E-state index in [9.17, 15) is 0 Å². The van der Waals surface area contributed by atoms with Crippen LogP contribution in [0, 0.1) is 5.92 Å². The van der Waals surface area contributed by atoms with E-state index in [-0.39, 0.29) is 0 Å². The van der Waals surface area contributed by atoms with Gasteiger partial charge in [0.2, 0.25) is 0 Å². The molecule has 3 nitrogen and oxygen atoms in total. The molecule has 1 aromatic carbocycles. The van der Waals surface area contributed by atoms with Gasteiger partial charge in [0, 0.05) is 37.3 Å². The van der Waals surface area contributed by atoms with Crippen molar-refractivity contribution in [2.75, 3.05) is 13.1 Å². The molecule has 1 aliphatic rings. The van der Waals surface area contributed by atoms with Gasteiger partial charge in [-0.3, -0.25) is 9.58 Å². The van der Waals surface area contributed by atoms with Gasteiger partial charge in [0.05, 0.1) is 5.69 Å². The molecule has 5 heteroatoms. The monoisotopic (exact) mass is 337 g/mol. The van der Waals surface area contributed by atoms with Gasteiger partial charge >= 0.3 is 0 Å². The van der Waals surface area contributed by atoms with Crippen LogP contribution in [-0.2, 0) is 26.4 Å². The molecule has 1 saturated heterocycles. The minimum atomic E-state index is 0.681. The third-order valence-electron chi connectivity index (χ3n) is 4.37. The number of nitrogens with zero attached hydrogens (tertiary/aromatic N) is 3. The van der Waals surface area contributed by atoms with Crippen LogP contribution < -0.4 is 0 Å². The van der Waals surface area contributed by atoms with Gasteiger partial charge in [-0.25, -0.2) is 0 Å². The number of likely N-dealkylation sites (tertiary alicyclic amines) is 1. The van der Waals surface area contributed by atoms with Gasteiger partial charge in [-0.05, 0) is 30.4 Å². The zero-order chi connectivity index (χ0) is 15.7. The van der Waals surface area contributed by atoms with Crippen LogP contribution in [-0.4, -0.2) is 27.8 Å². The Bertz CT molecular complexity index is 660. The van der Waals surface area contributed by atoms with Crippen LogP contribution in [0.4, 0.5) is 0 Å². The summed E-state index contributed by atoms with van der Waals surface area (Å²) in [6, 6.07) is 8.13. The molecule has 0 unspecified atom stereocenters. The second-order valence-electron chi connectivity index (χ2n) is 6.05. The molecule has 22 heavy (non-hydrogen) atoms. The molecule has 0 bridgehead atoms. The van der Waals surface area contributed by atoms with Crippen molar-refractivity contribution < 1.29 is 0 Å². The predicted octanol–water partition coefficient (Wildman–Crippen LogP) is 3.96. The lowest BCUT2D eigenvalue weighted by atomic mass is 9.91. The summed E-state index contributed by atoms with van der Waals surface area (Å²) in [5.41, 5.74) is 3.55. The van der Waals surface area contributed by atoms with Crippen LogP contribution in [0.15, 0.2) is 24.3 Å². The number of aromatic nitrogens is 2. The van der Waals surface area contributed by atoms with E-state index < -0.39 is 0 Å². The molecule has 2 heterocycles. The highest BCUT2D eigenvalue weighted by molar-refractivity contribution is 6.31. The second-order valence-corrected chi connectivity index (χ2v) is 6.81. The molecule has 2 aromatic rings. The molecule has 0 atom stereocenters. The third-order valence-corrected chi connectivity index (χ3v) is 5.21.